The van der Waals surface area contributed by atoms with E-state index in [1.54, 1.807) is 17.9 Å². The second kappa shape index (κ2) is 6.78. The highest BCUT2D eigenvalue weighted by atomic mass is 32.2. The third kappa shape index (κ3) is 3.22. The lowest BCUT2D eigenvalue weighted by molar-refractivity contribution is 0.474. The normalized spacial score (nSPS) is 18.4. The number of anilines is 1. The Morgan fingerprint density at radius 1 is 1.32 bits per heavy atom. The van der Waals surface area contributed by atoms with Crippen LogP contribution in [0.2, 0.25) is 0 Å². The first kappa shape index (κ1) is 18.7. The number of fused-ring (bicyclic) bond motifs is 1. The van der Waals surface area contributed by atoms with Gasteiger partial charge in [-0.15, -0.1) is 0 Å². The van der Waals surface area contributed by atoms with E-state index in [2.05, 4.69) is 25.4 Å². The summed E-state index contributed by atoms with van der Waals surface area (Å²) in [6.45, 7) is 4.50. The highest BCUT2D eigenvalue weighted by Gasteiger charge is 2.34. The van der Waals surface area contributed by atoms with Crippen LogP contribution < -0.4 is 5.32 Å². The molecule has 0 bridgehead atoms. The van der Waals surface area contributed by atoms with Gasteiger partial charge in [0.05, 0.1) is 12.5 Å². The summed E-state index contributed by atoms with van der Waals surface area (Å²) in [6.07, 6.45) is 4.12. The summed E-state index contributed by atoms with van der Waals surface area (Å²) in [7, 11) is -1.95. The van der Waals surface area contributed by atoms with Crippen LogP contribution in [0.1, 0.15) is 26.3 Å². The first-order chi connectivity index (χ1) is 13.3. The number of nitrogens with zero attached hydrogens (tertiary/aromatic N) is 7. The van der Waals surface area contributed by atoms with Crippen molar-refractivity contribution in [3.63, 3.8) is 0 Å². The zero-order valence-corrected chi connectivity index (χ0v) is 16.6. The molecule has 4 rings (SSSR count). The third-order valence-electron chi connectivity index (χ3n) is 4.76. The molecule has 1 atom stereocenters. The van der Waals surface area contributed by atoms with Crippen molar-refractivity contribution in [3.8, 4) is 0 Å². The van der Waals surface area contributed by atoms with Gasteiger partial charge in [-0.3, -0.25) is 4.68 Å². The fraction of sp³-hybridized carbons (Fsp3) is 0.500. The van der Waals surface area contributed by atoms with Crippen molar-refractivity contribution in [2.24, 2.45) is 7.05 Å². The number of imidazole rings is 1. The van der Waals surface area contributed by atoms with Gasteiger partial charge in [0, 0.05) is 38.4 Å². The molecule has 0 amide bonds. The van der Waals surface area contributed by atoms with E-state index < -0.39 is 16.1 Å². The fourth-order valence-corrected chi connectivity index (χ4v) is 4.79. The predicted molar refractivity (Wildman–Crippen MR) is 99.7 cm³/mol. The van der Waals surface area contributed by atoms with E-state index in [-0.39, 0.29) is 29.3 Å². The number of sulfonamides is 1. The number of hydrogen-bond acceptors (Lipinski definition) is 7. The molecule has 0 radical (unpaired) electrons. The molecule has 3 aromatic heterocycles. The zero-order valence-electron chi connectivity index (χ0n) is 15.7. The van der Waals surface area contributed by atoms with Crippen molar-refractivity contribution < 1.29 is 12.8 Å². The van der Waals surface area contributed by atoms with Gasteiger partial charge in [-0.2, -0.15) is 23.8 Å². The second-order valence-electron chi connectivity index (χ2n) is 7.10. The molecule has 150 valence electrons. The highest BCUT2D eigenvalue weighted by Crippen LogP contribution is 2.26. The van der Waals surface area contributed by atoms with E-state index in [1.165, 1.54) is 21.4 Å². The van der Waals surface area contributed by atoms with Crippen molar-refractivity contribution in [1.82, 2.24) is 33.6 Å². The molecule has 0 spiro atoms. The average Bonchev–Trinajstić information content (AvgIpc) is 3.33. The van der Waals surface area contributed by atoms with Crippen LogP contribution in [-0.2, 0) is 17.1 Å². The number of nitrogens with one attached hydrogen (secondary N) is 1. The second-order valence-corrected chi connectivity index (χ2v) is 9.04. The van der Waals surface area contributed by atoms with E-state index in [9.17, 15) is 12.8 Å². The monoisotopic (exact) mass is 408 g/mol. The van der Waals surface area contributed by atoms with Crippen molar-refractivity contribution in [1.29, 1.82) is 0 Å². The molecular weight excluding hydrogens is 387 g/mol. The lowest BCUT2D eigenvalue weighted by Crippen LogP contribution is -2.31. The van der Waals surface area contributed by atoms with Crippen molar-refractivity contribution in [2.75, 3.05) is 18.4 Å². The standard InChI is InChI=1S/C16H21FN8O2S/c1-10(2)25-9-18-13-14(21-16(17)22-15(13)25)20-11-4-5-24(7-11)28(26,27)12-6-19-23(3)8-12/h6,8-11H,4-5,7H2,1-3H3,(H,20,21,22)/t11-/m0/s1. The van der Waals surface area contributed by atoms with E-state index in [4.69, 9.17) is 0 Å². The van der Waals surface area contributed by atoms with Crippen LogP contribution in [0.25, 0.3) is 11.2 Å². The highest BCUT2D eigenvalue weighted by molar-refractivity contribution is 7.89. The van der Waals surface area contributed by atoms with E-state index in [1.807, 2.05) is 13.8 Å². The summed E-state index contributed by atoms with van der Waals surface area (Å²) in [4.78, 5) is 12.2. The minimum Gasteiger partial charge on any atom is -0.364 e. The van der Waals surface area contributed by atoms with Gasteiger partial charge < -0.3 is 9.88 Å². The Balaban J connectivity index is 1.56. The van der Waals surface area contributed by atoms with Crippen LogP contribution in [-0.4, -0.2) is 61.2 Å². The minimum absolute atomic E-state index is 0.0683. The summed E-state index contributed by atoms with van der Waals surface area (Å²) in [5.74, 6) is 0.271. The summed E-state index contributed by atoms with van der Waals surface area (Å²) >= 11 is 0. The molecule has 10 nitrogen and oxygen atoms in total. The number of aromatic nitrogens is 6. The molecular formula is C16H21FN8O2S. The Kier molecular flexibility index (Phi) is 4.54. The maximum atomic E-state index is 14.0. The molecule has 3 aromatic rings. The predicted octanol–water partition coefficient (Wildman–Crippen LogP) is 1.15. The van der Waals surface area contributed by atoms with E-state index >= 15 is 0 Å². The molecule has 28 heavy (non-hydrogen) atoms. The van der Waals surface area contributed by atoms with Crippen LogP contribution in [0.3, 0.4) is 0 Å². The molecule has 0 unspecified atom stereocenters. The van der Waals surface area contributed by atoms with Gasteiger partial charge in [-0.25, -0.2) is 13.4 Å². The summed E-state index contributed by atoms with van der Waals surface area (Å²) in [5, 5.41) is 7.07. The van der Waals surface area contributed by atoms with Crippen LogP contribution in [0.15, 0.2) is 23.6 Å². The summed E-state index contributed by atoms with van der Waals surface area (Å²) in [6, 6.07) is -0.146. The maximum absolute atomic E-state index is 14.0. The number of rotatable bonds is 5. The van der Waals surface area contributed by atoms with Gasteiger partial charge in [-0.1, -0.05) is 0 Å². The van der Waals surface area contributed by atoms with Crippen molar-refractivity contribution in [2.45, 2.75) is 37.2 Å². The molecule has 0 aromatic carbocycles. The first-order valence-electron chi connectivity index (χ1n) is 8.91. The molecule has 4 heterocycles. The summed E-state index contributed by atoms with van der Waals surface area (Å²) in [5.41, 5.74) is 0.867. The van der Waals surface area contributed by atoms with Gasteiger partial charge in [-0.05, 0) is 20.3 Å². The van der Waals surface area contributed by atoms with E-state index in [0.29, 0.717) is 24.1 Å². The summed E-state index contributed by atoms with van der Waals surface area (Å²) < 4.78 is 44.0. The van der Waals surface area contributed by atoms with Gasteiger partial charge in [0.25, 0.3) is 0 Å². The Morgan fingerprint density at radius 3 is 2.79 bits per heavy atom. The average molecular weight is 408 g/mol. The van der Waals surface area contributed by atoms with Gasteiger partial charge in [0.2, 0.25) is 10.0 Å². The van der Waals surface area contributed by atoms with E-state index in [0.717, 1.165) is 0 Å². The SMILES string of the molecule is CC(C)n1cnc2c(N[C@H]3CCN(S(=O)(=O)c4cnn(C)c4)C3)nc(F)nc21. The first-order valence-corrected chi connectivity index (χ1v) is 10.3. The Bertz CT molecular complexity index is 1120. The van der Waals surface area contributed by atoms with Gasteiger partial charge in [0.15, 0.2) is 17.0 Å². The number of aryl methyl sites for hydroxylation is 1. The van der Waals surface area contributed by atoms with Crippen LogP contribution in [0.5, 0.6) is 0 Å². The van der Waals surface area contributed by atoms with Gasteiger partial charge in [0.1, 0.15) is 4.90 Å². The minimum atomic E-state index is -3.62. The van der Waals surface area contributed by atoms with Gasteiger partial charge >= 0.3 is 6.08 Å². The van der Waals surface area contributed by atoms with Crippen LogP contribution >= 0.6 is 0 Å². The topological polar surface area (TPSA) is 111 Å². The van der Waals surface area contributed by atoms with Crippen LogP contribution in [0, 0.1) is 6.08 Å². The van der Waals surface area contributed by atoms with Crippen molar-refractivity contribution >= 4 is 27.0 Å². The largest absolute Gasteiger partial charge is 0.364 e. The maximum Gasteiger partial charge on any atom is 0.312 e. The Labute approximate surface area is 161 Å². The molecule has 1 N–H and O–H groups in total. The molecule has 1 aliphatic heterocycles. The smallest absolute Gasteiger partial charge is 0.312 e. The zero-order chi connectivity index (χ0) is 20.1. The molecule has 1 aliphatic rings. The van der Waals surface area contributed by atoms with Crippen LogP contribution in [0.4, 0.5) is 10.2 Å². The molecule has 1 saturated heterocycles. The molecule has 0 saturated carbocycles. The Morgan fingerprint density at radius 2 is 2.11 bits per heavy atom. The lowest BCUT2D eigenvalue weighted by Gasteiger charge is -2.16. The third-order valence-corrected chi connectivity index (χ3v) is 6.58. The molecule has 1 fully saturated rings. The lowest BCUT2D eigenvalue weighted by atomic mass is 10.2. The molecule has 12 heteroatoms. The number of hydrogen-bond donors (Lipinski definition) is 1. The number of halogens is 1. The van der Waals surface area contributed by atoms with Crippen molar-refractivity contribution in [3.05, 3.63) is 24.8 Å². The Hall–Kier alpha value is -2.60. The quantitative estimate of drug-likeness (QED) is 0.631. The molecule has 0 aliphatic carbocycles. The fourth-order valence-electron chi connectivity index (χ4n) is 3.31.